The number of halogens is 3. The summed E-state index contributed by atoms with van der Waals surface area (Å²) in [4.78, 5) is 15.5. The van der Waals surface area contributed by atoms with Gasteiger partial charge in [0.25, 0.3) is 5.91 Å². The van der Waals surface area contributed by atoms with E-state index in [0.717, 1.165) is 12.3 Å². The van der Waals surface area contributed by atoms with E-state index in [-0.39, 0.29) is 21.4 Å². The predicted octanol–water partition coefficient (Wildman–Crippen LogP) is 2.96. The van der Waals surface area contributed by atoms with Gasteiger partial charge in [-0.1, -0.05) is 0 Å². The van der Waals surface area contributed by atoms with Gasteiger partial charge >= 0.3 is 0 Å². The minimum Gasteiger partial charge on any atom is -0.396 e. The summed E-state index contributed by atoms with van der Waals surface area (Å²) in [5, 5.41) is 2.35. The number of nitrogens with two attached hydrogens (primary N) is 1. The minimum absolute atomic E-state index is 0.0187. The van der Waals surface area contributed by atoms with Crippen molar-refractivity contribution in [2.45, 2.75) is 0 Å². The first-order valence-electron chi connectivity index (χ1n) is 5.14. The molecule has 0 atom stereocenters. The smallest absolute Gasteiger partial charge is 0.256 e. The molecule has 0 saturated heterocycles. The lowest BCUT2D eigenvalue weighted by atomic mass is 10.2. The Hall–Kier alpha value is -2.02. The second kappa shape index (κ2) is 5.31. The van der Waals surface area contributed by atoms with E-state index in [1.165, 1.54) is 18.3 Å². The van der Waals surface area contributed by atoms with Crippen LogP contribution in [0.1, 0.15) is 10.4 Å². The number of hydrogen-bond acceptors (Lipinski definition) is 3. The van der Waals surface area contributed by atoms with Crippen molar-refractivity contribution in [1.82, 2.24) is 4.98 Å². The molecule has 98 valence electrons. The molecular formula is C12H8BrF2N3O. The quantitative estimate of drug-likeness (QED) is 0.833. The number of pyridine rings is 1. The summed E-state index contributed by atoms with van der Waals surface area (Å²) in [6.45, 7) is 0. The normalized spacial score (nSPS) is 10.3. The number of nitrogens with zero attached hydrogens (tertiary/aromatic N) is 1. The van der Waals surface area contributed by atoms with Gasteiger partial charge in [0.15, 0.2) is 5.82 Å². The second-order valence-electron chi connectivity index (χ2n) is 3.66. The van der Waals surface area contributed by atoms with Crippen LogP contribution in [0.3, 0.4) is 0 Å². The number of carbonyl (C=O) groups is 1. The highest BCUT2D eigenvalue weighted by molar-refractivity contribution is 9.10. The molecule has 0 spiro atoms. The van der Waals surface area contributed by atoms with Gasteiger partial charge in [0.2, 0.25) is 0 Å². The summed E-state index contributed by atoms with van der Waals surface area (Å²) in [6.07, 6.45) is 2.32. The number of amides is 1. The van der Waals surface area contributed by atoms with Crippen LogP contribution in [0.15, 0.2) is 35.1 Å². The molecule has 0 bridgehead atoms. The number of carbonyl (C=O) groups excluding carboxylic acids is 1. The fraction of sp³-hybridized carbons (Fsp3) is 0. The Morgan fingerprint density at radius 3 is 2.74 bits per heavy atom. The molecule has 1 amide bonds. The van der Waals surface area contributed by atoms with Crippen LogP contribution >= 0.6 is 15.9 Å². The largest absolute Gasteiger partial charge is 0.396 e. The standard InChI is InChI=1S/C12H8BrF2N3O/c13-7-4-8(14)10(16)3-6(7)12(19)18-11-1-2-17-5-9(11)15/h1-5H,16H2,(H,17,18,19). The van der Waals surface area contributed by atoms with Gasteiger partial charge in [-0.15, -0.1) is 0 Å². The van der Waals surface area contributed by atoms with Crippen molar-refractivity contribution in [2.24, 2.45) is 0 Å². The van der Waals surface area contributed by atoms with Crippen molar-refractivity contribution in [2.75, 3.05) is 11.1 Å². The SMILES string of the molecule is Nc1cc(C(=O)Nc2ccncc2F)c(Br)cc1F. The Bertz CT molecular complexity index is 649. The highest BCUT2D eigenvalue weighted by Gasteiger charge is 2.15. The molecule has 2 aromatic rings. The van der Waals surface area contributed by atoms with Crippen LogP contribution in [-0.2, 0) is 0 Å². The van der Waals surface area contributed by atoms with Gasteiger partial charge in [-0.3, -0.25) is 9.78 Å². The molecule has 0 unspecified atom stereocenters. The summed E-state index contributed by atoms with van der Waals surface area (Å²) >= 11 is 3.05. The predicted molar refractivity (Wildman–Crippen MR) is 70.7 cm³/mol. The van der Waals surface area contributed by atoms with Gasteiger partial charge < -0.3 is 11.1 Å². The van der Waals surface area contributed by atoms with Crippen molar-refractivity contribution >= 4 is 33.2 Å². The lowest BCUT2D eigenvalue weighted by Crippen LogP contribution is -2.14. The fourth-order valence-electron chi connectivity index (χ4n) is 1.41. The molecule has 1 heterocycles. The van der Waals surface area contributed by atoms with Gasteiger partial charge in [0.1, 0.15) is 5.82 Å². The van der Waals surface area contributed by atoms with Crippen molar-refractivity contribution in [3.63, 3.8) is 0 Å². The zero-order valence-corrected chi connectivity index (χ0v) is 11.0. The highest BCUT2D eigenvalue weighted by atomic mass is 79.9. The molecule has 0 fully saturated rings. The van der Waals surface area contributed by atoms with Crippen LogP contribution in [0.25, 0.3) is 0 Å². The summed E-state index contributed by atoms with van der Waals surface area (Å²) in [7, 11) is 0. The zero-order valence-electron chi connectivity index (χ0n) is 9.45. The topological polar surface area (TPSA) is 68.0 Å². The molecule has 7 heteroatoms. The van der Waals surface area contributed by atoms with E-state index < -0.39 is 17.5 Å². The van der Waals surface area contributed by atoms with Gasteiger partial charge in [-0.2, -0.15) is 0 Å². The Kier molecular flexibility index (Phi) is 3.75. The van der Waals surface area contributed by atoms with Crippen LogP contribution in [-0.4, -0.2) is 10.9 Å². The maximum atomic E-state index is 13.3. The first-order chi connectivity index (χ1) is 8.99. The van der Waals surface area contributed by atoms with E-state index >= 15 is 0 Å². The molecule has 4 nitrogen and oxygen atoms in total. The monoisotopic (exact) mass is 327 g/mol. The van der Waals surface area contributed by atoms with E-state index in [0.29, 0.717) is 0 Å². The zero-order chi connectivity index (χ0) is 14.0. The molecule has 0 aliphatic heterocycles. The number of benzene rings is 1. The van der Waals surface area contributed by atoms with E-state index in [4.69, 9.17) is 5.73 Å². The van der Waals surface area contributed by atoms with Crippen LogP contribution in [0, 0.1) is 11.6 Å². The number of nitrogens with one attached hydrogen (secondary N) is 1. The minimum atomic E-state index is -0.665. The highest BCUT2D eigenvalue weighted by Crippen LogP contribution is 2.24. The first kappa shape index (κ1) is 13.4. The Morgan fingerprint density at radius 2 is 2.05 bits per heavy atom. The Balaban J connectivity index is 2.31. The molecular weight excluding hydrogens is 320 g/mol. The van der Waals surface area contributed by atoms with E-state index in [1.807, 2.05) is 0 Å². The number of hydrogen-bond donors (Lipinski definition) is 2. The third kappa shape index (κ3) is 2.87. The molecule has 3 N–H and O–H groups in total. The molecule has 0 saturated carbocycles. The van der Waals surface area contributed by atoms with Gasteiger partial charge in [-0.25, -0.2) is 8.78 Å². The van der Waals surface area contributed by atoms with Gasteiger partial charge in [-0.05, 0) is 34.1 Å². The summed E-state index contributed by atoms with van der Waals surface area (Å²) < 4.78 is 26.7. The van der Waals surface area contributed by atoms with Gasteiger partial charge in [0, 0.05) is 10.7 Å². The number of anilines is 2. The van der Waals surface area contributed by atoms with Crippen LogP contribution < -0.4 is 11.1 Å². The van der Waals surface area contributed by atoms with Crippen molar-refractivity contribution in [1.29, 1.82) is 0 Å². The van der Waals surface area contributed by atoms with Crippen molar-refractivity contribution in [3.8, 4) is 0 Å². The van der Waals surface area contributed by atoms with Gasteiger partial charge in [0.05, 0.1) is 23.1 Å². The Morgan fingerprint density at radius 1 is 1.32 bits per heavy atom. The fourth-order valence-corrected chi connectivity index (χ4v) is 1.90. The number of aromatic nitrogens is 1. The van der Waals surface area contributed by atoms with Crippen molar-refractivity contribution < 1.29 is 13.6 Å². The lowest BCUT2D eigenvalue weighted by Gasteiger charge is -2.08. The molecule has 0 radical (unpaired) electrons. The molecule has 0 aliphatic rings. The summed E-state index contributed by atoms with van der Waals surface area (Å²) in [6, 6.07) is 3.56. The molecule has 19 heavy (non-hydrogen) atoms. The maximum absolute atomic E-state index is 13.3. The molecule has 1 aromatic heterocycles. The van der Waals surface area contributed by atoms with E-state index in [9.17, 15) is 13.6 Å². The van der Waals surface area contributed by atoms with Crippen LogP contribution in [0.4, 0.5) is 20.2 Å². The van der Waals surface area contributed by atoms with Crippen LogP contribution in [0.5, 0.6) is 0 Å². The molecule has 0 aliphatic carbocycles. The van der Waals surface area contributed by atoms with E-state index in [2.05, 4.69) is 26.2 Å². The average molecular weight is 328 g/mol. The maximum Gasteiger partial charge on any atom is 0.256 e. The first-order valence-corrected chi connectivity index (χ1v) is 5.93. The summed E-state index contributed by atoms with van der Waals surface area (Å²) in [5.74, 6) is -1.91. The van der Waals surface area contributed by atoms with Crippen LogP contribution in [0.2, 0.25) is 0 Å². The third-order valence-electron chi connectivity index (χ3n) is 2.35. The van der Waals surface area contributed by atoms with E-state index in [1.54, 1.807) is 0 Å². The number of rotatable bonds is 2. The lowest BCUT2D eigenvalue weighted by molar-refractivity contribution is 0.102. The number of nitrogen functional groups attached to an aromatic ring is 1. The molecule has 1 aromatic carbocycles. The van der Waals surface area contributed by atoms with Crippen molar-refractivity contribution in [3.05, 3.63) is 52.3 Å². The summed E-state index contributed by atoms with van der Waals surface area (Å²) in [5.41, 5.74) is 5.32. The Labute approximate surface area is 115 Å². The third-order valence-corrected chi connectivity index (χ3v) is 3.01. The second-order valence-corrected chi connectivity index (χ2v) is 4.52. The average Bonchev–Trinajstić information content (AvgIpc) is 2.36. The molecule has 2 rings (SSSR count).